The molecule has 11 heterocycles. The highest BCUT2D eigenvalue weighted by Gasteiger charge is 2.39. The van der Waals surface area contributed by atoms with Gasteiger partial charge in [0.05, 0.1) is 117 Å². The molecule has 0 radical (unpaired) electrons. The van der Waals surface area contributed by atoms with Crippen LogP contribution in [0.3, 0.4) is 0 Å². The number of benzene rings is 18. The number of aromatic nitrogens is 12. The molecule has 144 heavy (non-hydrogen) atoms. The third-order valence-corrected chi connectivity index (χ3v) is 35.2. The van der Waals surface area contributed by atoms with Gasteiger partial charge in [0.1, 0.15) is 17.5 Å². The molecule has 4 aliphatic rings. The molecule has 0 spiro atoms. The van der Waals surface area contributed by atoms with Crippen LogP contribution < -0.4 is 0 Å². The van der Waals surface area contributed by atoms with Crippen LogP contribution in [-0.2, 0) is 39.3 Å². The fourth-order valence-electron chi connectivity index (χ4n) is 20.1. The highest BCUT2D eigenvalue weighted by atomic mass is 32.2. The van der Waals surface area contributed by atoms with E-state index in [1.165, 1.54) is 26.1 Å². The van der Waals surface area contributed by atoms with Gasteiger partial charge < -0.3 is 4.57 Å². The van der Waals surface area contributed by atoms with Crippen molar-refractivity contribution in [3.05, 3.63) is 449 Å². The summed E-state index contributed by atoms with van der Waals surface area (Å²) in [7, 11) is -14.6. The van der Waals surface area contributed by atoms with Gasteiger partial charge in [-0.3, -0.25) is 18.3 Å². The van der Waals surface area contributed by atoms with Gasteiger partial charge in [-0.2, -0.15) is 0 Å². The molecule has 0 bridgehead atoms. The molecule has 25 aromatic rings. The van der Waals surface area contributed by atoms with Crippen LogP contribution in [0.25, 0.3) is 206 Å². The van der Waals surface area contributed by atoms with Gasteiger partial charge in [0, 0.05) is 54.0 Å². The highest BCUT2D eigenvalue weighted by molar-refractivity contribution is 7.93. The van der Waals surface area contributed by atoms with Crippen molar-refractivity contribution >= 4 is 117 Å². The van der Waals surface area contributed by atoms with E-state index in [9.17, 15) is 33.7 Å². The van der Waals surface area contributed by atoms with Crippen LogP contribution in [0.2, 0.25) is 0 Å². The number of imidazole rings is 4. The van der Waals surface area contributed by atoms with Gasteiger partial charge in [-0.05, 0) is 197 Å². The molecule has 4 aliphatic heterocycles. The fourth-order valence-corrected chi connectivity index (χ4v) is 27.7. The Kier molecular flexibility index (Phi) is 20.4. The summed E-state index contributed by atoms with van der Waals surface area (Å²) >= 11 is 1.77. The normalized spacial score (nSPS) is 13.6. The molecule has 25 heteroatoms. The van der Waals surface area contributed by atoms with Crippen molar-refractivity contribution in [2.24, 2.45) is 0 Å². The Morgan fingerprint density at radius 3 is 0.812 bits per heavy atom. The molecule has 0 atom stereocenters. The van der Waals surface area contributed by atoms with Crippen LogP contribution in [0.15, 0.2) is 488 Å². The third kappa shape index (κ3) is 14.1. The number of hydrogen-bond donors (Lipinski definition) is 0. The monoisotopic (exact) mass is 1960 g/mol. The van der Waals surface area contributed by atoms with E-state index in [2.05, 4.69) is 180 Å². The predicted molar refractivity (Wildman–Crippen MR) is 566 cm³/mol. The minimum atomic E-state index is -3.69. The van der Waals surface area contributed by atoms with Gasteiger partial charge in [-0.25, -0.2) is 68.6 Å². The molecule has 0 amide bonds. The second kappa shape index (κ2) is 34.0. The Balaban J connectivity index is 0.0000000980. The first-order valence-electron chi connectivity index (χ1n) is 46.4. The molecule has 7 aromatic heterocycles. The average molecular weight is 1960 g/mol. The third-order valence-electron chi connectivity index (χ3n) is 26.7. The van der Waals surface area contributed by atoms with Gasteiger partial charge in [0.15, 0.2) is 23.3 Å². The van der Waals surface area contributed by atoms with Crippen molar-refractivity contribution in [3.63, 3.8) is 0 Å². The van der Waals surface area contributed by atoms with Crippen molar-refractivity contribution in [3.8, 4) is 140 Å². The van der Waals surface area contributed by atoms with Crippen LogP contribution in [0.4, 0.5) is 0 Å². The Morgan fingerprint density at radius 2 is 0.444 bits per heavy atom. The summed E-state index contributed by atoms with van der Waals surface area (Å²) in [5.74, 6) is 4.01. The van der Waals surface area contributed by atoms with Crippen LogP contribution in [-0.4, -0.2) is 91.4 Å². The molecule has 688 valence electrons. The first kappa shape index (κ1) is 86.5. The zero-order valence-corrected chi connectivity index (χ0v) is 80.0. The second-order valence-corrected chi connectivity index (χ2v) is 43.7. The molecular formula is C119H74N12O8S5. The maximum Gasteiger partial charge on any atom is 0.210 e. The minimum absolute atomic E-state index is 0.220. The lowest BCUT2D eigenvalue weighted by Crippen LogP contribution is -2.15. The van der Waals surface area contributed by atoms with E-state index in [-0.39, 0.29) is 9.79 Å². The average Bonchev–Trinajstić information content (AvgIpc) is 1.55. The minimum Gasteiger partial charge on any atom is -0.309 e. The lowest BCUT2D eigenvalue weighted by molar-refractivity contribution is 0.593. The number of para-hydroxylation sites is 10. The number of rotatable bonds is 11. The summed E-state index contributed by atoms with van der Waals surface area (Å²) in [5, 5.41) is 2.44. The predicted octanol–water partition coefficient (Wildman–Crippen LogP) is 26.7. The van der Waals surface area contributed by atoms with Crippen molar-refractivity contribution in [2.75, 3.05) is 0 Å². The van der Waals surface area contributed by atoms with E-state index in [0.29, 0.717) is 120 Å². The SMILES string of the molecule is O=S1(=O)c2ccccc2-n2c(-c3cc(-c4ccccc4)cc(-c4ccccc4)c3)nc3cccc1c32.O=S1(=O)c2ccccc2-n2c(-c3ccc(-c4ccc(-c5ccccc5)s4)cc3)nc3cccc1c32.O=S1(=O)c2ccccc2-n2c(-c3ccc(-n4c5ccccc5c5ccccc54)cc3)nc3cccc1c32.O=S1(=O)c2ccccc2-n2c(-c3nc(-c4ccccc4)nc(-c4ccccc4)n3)nc3cccc1c32. The molecule has 0 saturated heterocycles. The summed E-state index contributed by atoms with van der Waals surface area (Å²) in [4.78, 5) is 38.6. The van der Waals surface area contributed by atoms with Crippen molar-refractivity contribution in [2.45, 2.75) is 39.2 Å². The Bertz CT molecular complexity index is 9650. The Morgan fingerprint density at radius 1 is 0.181 bits per heavy atom. The molecule has 18 aromatic carbocycles. The summed E-state index contributed by atoms with van der Waals surface area (Å²) in [6, 6.07) is 144. The maximum atomic E-state index is 13.5. The molecule has 29 rings (SSSR count). The van der Waals surface area contributed by atoms with Gasteiger partial charge in [0.2, 0.25) is 39.3 Å². The van der Waals surface area contributed by atoms with Gasteiger partial charge >= 0.3 is 0 Å². The van der Waals surface area contributed by atoms with E-state index in [1.54, 1.807) is 121 Å². The number of hydrogen-bond acceptors (Lipinski definition) is 16. The highest BCUT2D eigenvalue weighted by Crippen LogP contribution is 2.49. The van der Waals surface area contributed by atoms with E-state index in [0.717, 1.165) is 89.8 Å². The van der Waals surface area contributed by atoms with Gasteiger partial charge in [-0.1, -0.05) is 285 Å². The smallest absolute Gasteiger partial charge is 0.210 e. The molecule has 20 nitrogen and oxygen atoms in total. The number of sulfone groups is 4. The van der Waals surface area contributed by atoms with E-state index in [4.69, 9.17) is 34.9 Å². The summed E-state index contributed by atoms with van der Waals surface area (Å²) in [5.41, 5.74) is 21.9. The molecular weight excluding hydrogens is 1890 g/mol. The lowest BCUT2D eigenvalue weighted by Gasteiger charge is -2.21. The zero-order valence-electron chi connectivity index (χ0n) is 75.9. The number of thiophene rings is 1. The first-order valence-corrected chi connectivity index (χ1v) is 53.1. The summed E-state index contributed by atoms with van der Waals surface area (Å²) in [6.45, 7) is 0. The van der Waals surface area contributed by atoms with Crippen LogP contribution in [0.1, 0.15) is 0 Å². The van der Waals surface area contributed by atoms with Crippen LogP contribution in [0.5, 0.6) is 0 Å². The van der Waals surface area contributed by atoms with Crippen molar-refractivity contribution < 1.29 is 33.7 Å². The fraction of sp³-hybridized carbons (Fsp3) is 0. The summed E-state index contributed by atoms with van der Waals surface area (Å²) in [6.07, 6.45) is 0. The van der Waals surface area contributed by atoms with Crippen LogP contribution >= 0.6 is 11.3 Å². The van der Waals surface area contributed by atoms with Gasteiger partial charge in [-0.15, -0.1) is 11.3 Å². The Labute approximate surface area is 829 Å². The van der Waals surface area contributed by atoms with E-state index < -0.39 is 39.3 Å². The molecule has 0 N–H and O–H groups in total. The Hall–Kier alpha value is -17.9. The van der Waals surface area contributed by atoms with E-state index >= 15 is 0 Å². The lowest BCUT2D eigenvalue weighted by atomic mass is 9.96. The van der Waals surface area contributed by atoms with Crippen LogP contribution in [0, 0.1) is 0 Å². The largest absolute Gasteiger partial charge is 0.309 e. The maximum absolute atomic E-state index is 13.5. The van der Waals surface area contributed by atoms with Crippen molar-refractivity contribution in [1.82, 2.24) is 57.7 Å². The molecule has 0 saturated carbocycles. The quantitative estimate of drug-likeness (QED) is 0.117. The van der Waals surface area contributed by atoms with Crippen molar-refractivity contribution in [1.29, 1.82) is 0 Å². The topological polar surface area (TPSA) is 251 Å². The molecule has 0 aliphatic carbocycles. The first-order chi connectivity index (χ1) is 70.5. The summed E-state index contributed by atoms with van der Waals surface area (Å²) < 4.78 is 117. The number of fused-ring (bicyclic) bond motifs is 11. The number of nitrogens with zero attached hydrogens (tertiary/aromatic N) is 12. The van der Waals surface area contributed by atoms with E-state index in [1.807, 2.05) is 182 Å². The standard InChI is InChI=1S/C31H19N3O2S.C31H20N2O2S.C29H18N2O2S2.C28H17N5O2S/c35-37(36)28-14-6-5-13-27(28)34-30-24(10-7-15-29(30)37)32-31(34)20-16-18-21(19-17-20)33-25-11-3-1-8-22(25)23-9-2-4-12-26(23)33;34-36(35)28-16-8-7-15-27(28)33-30-26(14-9-17-29(30)36)32-31(33)25-19-23(21-10-3-1-4-11-21)18-24(20-25)22-12-5-2-6-13-22;32-35(33)26-11-5-4-10-23(26)31-28-22(9-6-12-27(28)35)30-29(31)21-15-13-20(14-16-21)25-18-17-24(34-25)19-7-2-1-3-8-19;34-36(35)22-16-8-7-15-21(22)33-24-20(14-9-17-23(24)36)29-28(33)27-31-25(18-10-3-1-4-11-18)30-26(32-27)19-12-5-2-6-13-19/h1-19H;1-20H;1-18H;1-17H. The molecule has 0 fully saturated rings. The zero-order chi connectivity index (χ0) is 96.9. The molecule has 0 unspecified atom stereocenters. The van der Waals surface area contributed by atoms with Gasteiger partial charge in [0.25, 0.3) is 0 Å². The second-order valence-electron chi connectivity index (χ2n) is 35.1.